The summed E-state index contributed by atoms with van der Waals surface area (Å²) in [5.41, 5.74) is 4.42. The van der Waals surface area contributed by atoms with E-state index in [9.17, 15) is 4.79 Å². The minimum Gasteiger partial charge on any atom is -0.356 e. The number of carbonyl (C=O) groups excluding carboxylic acids is 1. The lowest BCUT2D eigenvalue weighted by Gasteiger charge is -2.07. The summed E-state index contributed by atoms with van der Waals surface area (Å²) in [6.07, 6.45) is 6.60. The van der Waals surface area contributed by atoms with Gasteiger partial charge in [0.25, 0.3) is 5.95 Å². The smallest absolute Gasteiger partial charge is 0.251 e. The fourth-order valence-corrected chi connectivity index (χ4v) is 3.06. The van der Waals surface area contributed by atoms with Crippen molar-refractivity contribution in [3.8, 4) is 5.95 Å². The standard InChI is InChI=1S/C19H25N7O/c1-13-10-14(2)23-19(22-13)26-16(4)17(15(3)24-26)11-18(27)21-6-5-8-25-9-7-20-12-25/h7,9-10,12H,5-6,8,11H2,1-4H3,(H,21,27). The molecular formula is C19H25N7O. The summed E-state index contributed by atoms with van der Waals surface area (Å²) in [6, 6.07) is 1.92. The molecule has 8 nitrogen and oxygen atoms in total. The van der Waals surface area contributed by atoms with Gasteiger partial charge in [0.1, 0.15) is 0 Å². The zero-order valence-corrected chi connectivity index (χ0v) is 16.2. The quantitative estimate of drug-likeness (QED) is 0.644. The number of aromatic nitrogens is 6. The molecule has 0 atom stereocenters. The highest BCUT2D eigenvalue weighted by Gasteiger charge is 2.17. The first-order valence-electron chi connectivity index (χ1n) is 9.04. The summed E-state index contributed by atoms with van der Waals surface area (Å²) >= 11 is 0. The average molecular weight is 367 g/mol. The van der Waals surface area contributed by atoms with Crippen LogP contribution < -0.4 is 5.32 Å². The highest BCUT2D eigenvalue weighted by atomic mass is 16.1. The van der Waals surface area contributed by atoms with E-state index in [1.54, 1.807) is 17.2 Å². The number of nitrogens with zero attached hydrogens (tertiary/aromatic N) is 6. The fourth-order valence-electron chi connectivity index (χ4n) is 3.06. The molecule has 8 heteroatoms. The van der Waals surface area contributed by atoms with Gasteiger partial charge in [-0.1, -0.05) is 0 Å². The van der Waals surface area contributed by atoms with Gasteiger partial charge in [-0.3, -0.25) is 4.79 Å². The number of imidazole rings is 1. The molecule has 0 aliphatic carbocycles. The van der Waals surface area contributed by atoms with Crippen molar-refractivity contribution < 1.29 is 4.79 Å². The second-order valence-corrected chi connectivity index (χ2v) is 6.69. The predicted molar refractivity (Wildman–Crippen MR) is 102 cm³/mol. The minimum atomic E-state index is -0.00674. The summed E-state index contributed by atoms with van der Waals surface area (Å²) in [5, 5.41) is 7.52. The Bertz CT molecular complexity index is 908. The molecule has 142 valence electrons. The maximum absolute atomic E-state index is 12.3. The van der Waals surface area contributed by atoms with Gasteiger partial charge in [-0.15, -0.1) is 0 Å². The molecule has 3 aromatic rings. The molecular weight excluding hydrogens is 342 g/mol. The Balaban J connectivity index is 1.63. The van der Waals surface area contributed by atoms with Gasteiger partial charge in [-0.2, -0.15) is 5.10 Å². The molecule has 3 heterocycles. The van der Waals surface area contributed by atoms with E-state index in [1.165, 1.54) is 0 Å². The highest BCUT2D eigenvalue weighted by Crippen LogP contribution is 2.17. The monoisotopic (exact) mass is 367 g/mol. The molecule has 1 N–H and O–H groups in total. The van der Waals surface area contributed by atoms with Gasteiger partial charge in [0, 0.05) is 48.1 Å². The Labute approximate surface area is 158 Å². The summed E-state index contributed by atoms with van der Waals surface area (Å²) in [4.78, 5) is 25.3. The Kier molecular flexibility index (Phi) is 5.63. The maximum Gasteiger partial charge on any atom is 0.251 e. The van der Waals surface area contributed by atoms with Crippen LogP contribution in [0.3, 0.4) is 0 Å². The van der Waals surface area contributed by atoms with Crippen LogP contribution in [0.25, 0.3) is 5.95 Å². The lowest BCUT2D eigenvalue weighted by molar-refractivity contribution is -0.120. The van der Waals surface area contributed by atoms with Gasteiger partial charge in [0.15, 0.2) is 0 Å². The van der Waals surface area contributed by atoms with Crippen LogP contribution in [0.4, 0.5) is 0 Å². The van der Waals surface area contributed by atoms with Crippen molar-refractivity contribution in [3.63, 3.8) is 0 Å². The molecule has 3 aromatic heterocycles. The first-order chi connectivity index (χ1) is 12.9. The van der Waals surface area contributed by atoms with Gasteiger partial charge < -0.3 is 9.88 Å². The minimum absolute atomic E-state index is 0.00674. The number of amides is 1. The lowest BCUT2D eigenvalue weighted by Crippen LogP contribution is -2.27. The highest BCUT2D eigenvalue weighted by molar-refractivity contribution is 5.79. The molecule has 0 aromatic carbocycles. The van der Waals surface area contributed by atoms with Crippen molar-refractivity contribution in [3.05, 3.63) is 53.1 Å². The van der Waals surface area contributed by atoms with E-state index in [0.29, 0.717) is 18.9 Å². The Morgan fingerprint density at radius 1 is 1.15 bits per heavy atom. The molecule has 0 unspecified atom stereocenters. The van der Waals surface area contributed by atoms with Gasteiger partial charge in [-0.25, -0.2) is 19.6 Å². The van der Waals surface area contributed by atoms with Crippen molar-refractivity contribution in [1.29, 1.82) is 0 Å². The lowest BCUT2D eigenvalue weighted by atomic mass is 10.1. The molecule has 0 spiro atoms. The van der Waals surface area contributed by atoms with Crippen LogP contribution in [-0.2, 0) is 17.8 Å². The van der Waals surface area contributed by atoms with E-state index in [0.717, 1.165) is 41.3 Å². The van der Waals surface area contributed by atoms with Crippen LogP contribution in [-0.4, -0.2) is 41.8 Å². The van der Waals surface area contributed by atoms with Crippen molar-refractivity contribution >= 4 is 5.91 Å². The zero-order chi connectivity index (χ0) is 19.4. The van der Waals surface area contributed by atoms with Gasteiger partial charge >= 0.3 is 0 Å². The third-order valence-electron chi connectivity index (χ3n) is 4.41. The number of nitrogens with one attached hydrogen (secondary N) is 1. The van der Waals surface area contributed by atoms with Crippen LogP contribution in [0.15, 0.2) is 24.8 Å². The van der Waals surface area contributed by atoms with Crippen LogP contribution in [0.1, 0.15) is 34.8 Å². The molecule has 0 bridgehead atoms. The number of hydrogen-bond donors (Lipinski definition) is 1. The van der Waals surface area contributed by atoms with Gasteiger partial charge in [0.2, 0.25) is 5.91 Å². The topological polar surface area (TPSA) is 90.5 Å². The zero-order valence-electron chi connectivity index (χ0n) is 16.2. The predicted octanol–water partition coefficient (Wildman–Crippen LogP) is 1.84. The summed E-state index contributed by atoms with van der Waals surface area (Å²) < 4.78 is 3.71. The van der Waals surface area contributed by atoms with E-state index in [1.807, 2.05) is 44.5 Å². The third kappa shape index (κ3) is 4.58. The Morgan fingerprint density at radius 2 is 1.89 bits per heavy atom. The number of carbonyl (C=O) groups is 1. The molecule has 27 heavy (non-hydrogen) atoms. The van der Waals surface area contributed by atoms with E-state index in [4.69, 9.17) is 0 Å². The summed E-state index contributed by atoms with van der Waals surface area (Å²) in [5.74, 6) is 0.535. The van der Waals surface area contributed by atoms with E-state index in [2.05, 4.69) is 25.4 Å². The fraction of sp³-hybridized carbons (Fsp3) is 0.421. The first kappa shape index (κ1) is 18.8. The molecule has 1 amide bonds. The van der Waals surface area contributed by atoms with Crippen molar-refractivity contribution in [2.45, 2.75) is 47.1 Å². The van der Waals surface area contributed by atoms with E-state index < -0.39 is 0 Å². The molecule has 3 rings (SSSR count). The van der Waals surface area contributed by atoms with E-state index in [-0.39, 0.29) is 5.91 Å². The molecule has 0 saturated carbocycles. The van der Waals surface area contributed by atoms with Gasteiger partial charge in [0.05, 0.1) is 18.4 Å². The van der Waals surface area contributed by atoms with Crippen molar-refractivity contribution in [1.82, 2.24) is 34.6 Å². The van der Waals surface area contributed by atoms with Crippen LogP contribution in [0, 0.1) is 27.7 Å². The van der Waals surface area contributed by atoms with E-state index >= 15 is 0 Å². The molecule has 0 aliphatic heterocycles. The van der Waals surface area contributed by atoms with Crippen LogP contribution in [0.2, 0.25) is 0 Å². The Morgan fingerprint density at radius 3 is 2.56 bits per heavy atom. The first-order valence-corrected chi connectivity index (χ1v) is 9.04. The molecule has 0 saturated heterocycles. The molecule has 0 aliphatic rings. The second kappa shape index (κ2) is 8.11. The largest absolute Gasteiger partial charge is 0.356 e. The SMILES string of the molecule is Cc1cc(C)nc(-n2nc(C)c(CC(=O)NCCCn3ccnc3)c2C)n1. The maximum atomic E-state index is 12.3. The van der Waals surface area contributed by atoms with Crippen LogP contribution in [0.5, 0.6) is 0 Å². The number of rotatable bonds is 7. The number of hydrogen-bond acceptors (Lipinski definition) is 5. The summed E-state index contributed by atoms with van der Waals surface area (Å²) in [6.45, 7) is 9.18. The van der Waals surface area contributed by atoms with Crippen molar-refractivity contribution in [2.24, 2.45) is 0 Å². The normalized spacial score (nSPS) is 11.0. The molecule has 0 radical (unpaired) electrons. The van der Waals surface area contributed by atoms with Crippen LogP contribution >= 0.6 is 0 Å². The Hall–Kier alpha value is -3.03. The third-order valence-corrected chi connectivity index (χ3v) is 4.41. The van der Waals surface area contributed by atoms with Crippen molar-refractivity contribution in [2.75, 3.05) is 6.54 Å². The second-order valence-electron chi connectivity index (χ2n) is 6.69. The van der Waals surface area contributed by atoms with Gasteiger partial charge in [-0.05, 0) is 40.2 Å². The number of aryl methyl sites for hydroxylation is 4. The summed E-state index contributed by atoms with van der Waals surface area (Å²) in [7, 11) is 0. The average Bonchev–Trinajstić information content (AvgIpc) is 3.21. The molecule has 0 fully saturated rings.